The molecule has 3 heterocycles. The number of anilines is 2. The van der Waals surface area contributed by atoms with Crippen molar-refractivity contribution < 1.29 is 9.53 Å². The van der Waals surface area contributed by atoms with E-state index in [1.54, 1.807) is 18.7 Å². The first kappa shape index (κ1) is 18.5. The van der Waals surface area contributed by atoms with Gasteiger partial charge in [0.15, 0.2) is 5.13 Å². The van der Waals surface area contributed by atoms with Crippen LogP contribution in [-0.4, -0.2) is 52.1 Å². The van der Waals surface area contributed by atoms with Crippen LogP contribution in [0.15, 0.2) is 42.0 Å². The molecule has 1 fully saturated rings. The highest BCUT2D eigenvalue weighted by molar-refractivity contribution is 7.14. The van der Waals surface area contributed by atoms with Gasteiger partial charge in [0, 0.05) is 50.1 Å². The Balaban J connectivity index is 1.50. The van der Waals surface area contributed by atoms with Crippen LogP contribution >= 0.6 is 11.3 Å². The van der Waals surface area contributed by atoms with E-state index in [0.29, 0.717) is 23.9 Å². The third-order valence-corrected chi connectivity index (χ3v) is 5.48. The number of ether oxygens (including phenoxy) is 1. The second kappa shape index (κ2) is 7.99. The predicted octanol–water partition coefficient (Wildman–Crippen LogP) is 2.42. The Kier molecular flexibility index (Phi) is 5.27. The lowest BCUT2D eigenvalue weighted by Gasteiger charge is -2.35. The van der Waals surface area contributed by atoms with E-state index in [0.717, 1.165) is 23.8 Å². The molecule has 0 aliphatic carbocycles. The van der Waals surface area contributed by atoms with Gasteiger partial charge in [-0.2, -0.15) is 0 Å². The molecule has 1 saturated heterocycles. The minimum absolute atomic E-state index is 0.0754. The van der Waals surface area contributed by atoms with Crippen molar-refractivity contribution in [3.8, 4) is 5.75 Å². The van der Waals surface area contributed by atoms with Gasteiger partial charge in [0.1, 0.15) is 23.3 Å². The maximum Gasteiger partial charge on any atom is 0.274 e. The molecule has 0 saturated carbocycles. The number of aryl methyl sites for hydroxylation is 1. The molecule has 9 heteroatoms. The standard InChI is InChI=1S/C19H22N6O2S/c1-24-9-8-21-17(24)16-11-20-7-10-25(16)18(26)15-12-28-19(23-15)22-13-3-5-14(27-2)6-4-13/h3-6,8-9,12,16,20H,7,10-11H2,1-2H3,(H,22,23). The molecule has 1 atom stereocenters. The summed E-state index contributed by atoms with van der Waals surface area (Å²) in [6.45, 7) is 2.06. The SMILES string of the molecule is COc1ccc(Nc2nc(C(=O)N3CCNCC3c3nccn3C)cs2)cc1. The van der Waals surface area contributed by atoms with Crippen molar-refractivity contribution in [1.82, 2.24) is 24.8 Å². The Morgan fingerprint density at radius 2 is 2.18 bits per heavy atom. The summed E-state index contributed by atoms with van der Waals surface area (Å²) in [5.74, 6) is 1.58. The van der Waals surface area contributed by atoms with Crippen LogP contribution in [0.1, 0.15) is 22.4 Å². The zero-order chi connectivity index (χ0) is 19.5. The molecule has 0 bridgehead atoms. The van der Waals surface area contributed by atoms with Crippen molar-refractivity contribution in [1.29, 1.82) is 0 Å². The van der Waals surface area contributed by atoms with Gasteiger partial charge in [0.2, 0.25) is 0 Å². The number of thiazole rings is 1. The van der Waals surface area contributed by atoms with Crippen molar-refractivity contribution in [2.45, 2.75) is 6.04 Å². The van der Waals surface area contributed by atoms with E-state index < -0.39 is 0 Å². The van der Waals surface area contributed by atoms with Crippen molar-refractivity contribution in [3.05, 3.63) is 53.6 Å². The number of carbonyl (C=O) groups excluding carboxylic acids is 1. The zero-order valence-corrected chi connectivity index (χ0v) is 16.6. The molecule has 1 aromatic carbocycles. The first-order valence-corrected chi connectivity index (χ1v) is 9.89. The number of rotatable bonds is 5. The van der Waals surface area contributed by atoms with Gasteiger partial charge in [0.05, 0.1) is 7.11 Å². The quantitative estimate of drug-likeness (QED) is 0.687. The molecule has 28 heavy (non-hydrogen) atoms. The van der Waals surface area contributed by atoms with E-state index in [1.165, 1.54) is 11.3 Å². The first-order valence-electron chi connectivity index (χ1n) is 9.01. The fraction of sp³-hybridized carbons (Fsp3) is 0.316. The van der Waals surface area contributed by atoms with Crippen LogP contribution in [0.3, 0.4) is 0 Å². The highest BCUT2D eigenvalue weighted by Crippen LogP contribution is 2.26. The summed E-state index contributed by atoms with van der Waals surface area (Å²) < 4.78 is 7.12. The van der Waals surface area contributed by atoms with Crippen molar-refractivity contribution in [2.75, 3.05) is 32.1 Å². The Hall–Kier alpha value is -2.91. The maximum atomic E-state index is 13.1. The predicted molar refractivity (Wildman–Crippen MR) is 108 cm³/mol. The molecule has 1 amide bonds. The number of amides is 1. The van der Waals surface area contributed by atoms with Gasteiger partial charge in [0.25, 0.3) is 5.91 Å². The van der Waals surface area contributed by atoms with E-state index in [4.69, 9.17) is 4.74 Å². The van der Waals surface area contributed by atoms with E-state index in [9.17, 15) is 4.79 Å². The van der Waals surface area contributed by atoms with Crippen molar-refractivity contribution >= 4 is 28.1 Å². The van der Waals surface area contributed by atoms with Gasteiger partial charge < -0.3 is 24.8 Å². The number of benzene rings is 1. The van der Waals surface area contributed by atoms with Crippen LogP contribution in [0.5, 0.6) is 5.75 Å². The number of imidazole rings is 1. The number of carbonyl (C=O) groups is 1. The Bertz CT molecular complexity index is 952. The average molecular weight is 398 g/mol. The molecular weight excluding hydrogens is 376 g/mol. The van der Waals surface area contributed by atoms with Crippen LogP contribution in [0.2, 0.25) is 0 Å². The minimum Gasteiger partial charge on any atom is -0.497 e. The Morgan fingerprint density at radius 3 is 2.89 bits per heavy atom. The maximum absolute atomic E-state index is 13.1. The molecule has 1 aliphatic heterocycles. The fourth-order valence-corrected chi connectivity index (χ4v) is 3.96. The molecular formula is C19H22N6O2S. The molecule has 2 aromatic heterocycles. The molecule has 1 aliphatic rings. The number of hydrogen-bond acceptors (Lipinski definition) is 7. The first-order chi connectivity index (χ1) is 13.7. The van der Waals surface area contributed by atoms with Gasteiger partial charge in [-0.1, -0.05) is 0 Å². The average Bonchev–Trinajstić information content (AvgIpc) is 3.37. The topological polar surface area (TPSA) is 84.3 Å². The molecule has 4 rings (SSSR count). The van der Waals surface area contributed by atoms with Crippen molar-refractivity contribution in [3.63, 3.8) is 0 Å². The number of aromatic nitrogens is 3. The van der Waals surface area contributed by atoms with Crippen LogP contribution in [-0.2, 0) is 7.05 Å². The number of piperazine rings is 1. The van der Waals surface area contributed by atoms with Gasteiger partial charge >= 0.3 is 0 Å². The summed E-state index contributed by atoms with van der Waals surface area (Å²) in [6.07, 6.45) is 3.65. The molecule has 0 radical (unpaired) electrons. The van der Waals surface area contributed by atoms with E-state index in [2.05, 4.69) is 20.6 Å². The van der Waals surface area contributed by atoms with E-state index in [1.807, 2.05) is 47.0 Å². The highest BCUT2D eigenvalue weighted by atomic mass is 32.1. The monoisotopic (exact) mass is 398 g/mol. The molecule has 146 valence electrons. The lowest BCUT2D eigenvalue weighted by atomic mass is 10.1. The summed E-state index contributed by atoms with van der Waals surface area (Å²) >= 11 is 1.41. The largest absolute Gasteiger partial charge is 0.497 e. The number of nitrogens with zero attached hydrogens (tertiary/aromatic N) is 4. The number of nitrogens with one attached hydrogen (secondary N) is 2. The summed E-state index contributed by atoms with van der Waals surface area (Å²) in [5.41, 5.74) is 1.34. The third kappa shape index (κ3) is 3.71. The highest BCUT2D eigenvalue weighted by Gasteiger charge is 2.32. The van der Waals surface area contributed by atoms with E-state index in [-0.39, 0.29) is 11.9 Å². The smallest absolute Gasteiger partial charge is 0.274 e. The Morgan fingerprint density at radius 1 is 1.36 bits per heavy atom. The van der Waals surface area contributed by atoms with Crippen LogP contribution < -0.4 is 15.4 Å². The fourth-order valence-electron chi connectivity index (χ4n) is 3.25. The number of methoxy groups -OCH3 is 1. The molecule has 2 N–H and O–H groups in total. The second-order valence-electron chi connectivity index (χ2n) is 6.51. The summed E-state index contributed by atoms with van der Waals surface area (Å²) in [7, 11) is 3.58. The lowest BCUT2D eigenvalue weighted by Crippen LogP contribution is -2.49. The summed E-state index contributed by atoms with van der Waals surface area (Å²) in [6, 6.07) is 7.46. The lowest BCUT2D eigenvalue weighted by molar-refractivity contribution is 0.0615. The molecule has 0 spiro atoms. The normalized spacial score (nSPS) is 16.8. The van der Waals surface area contributed by atoms with Gasteiger partial charge in [-0.05, 0) is 24.3 Å². The second-order valence-corrected chi connectivity index (χ2v) is 7.36. The summed E-state index contributed by atoms with van der Waals surface area (Å²) in [4.78, 5) is 23.9. The molecule has 1 unspecified atom stereocenters. The molecule has 8 nitrogen and oxygen atoms in total. The van der Waals surface area contributed by atoms with Crippen molar-refractivity contribution in [2.24, 2.45) is 7.05 Å². The summed E-state index contributed by atoms with van der Waals surface area (Å²) in [5, 5.41) is 9.06. The molecule has 3 aromatic rings. The van der Waals surface area contributed by atoms with Crippen LogP contribution in [0.25, 0.3) is 0 Å². The third-order valence-electron chi connectivity index (χ3n) is 4.73. The Labute approximate surface area is 167 Å². The van der Waals surface area contributed by atoms with Crippen LogP contribution in [0, 0.1) is 0 Å². The van der Waals surface area contributed by atoms with Gasteiger partial charge in [-0.25, -0.2) is 9.97 Å². The van der Waals surface area contributed by atoms with Crippen LogP contribution in [0.4, 0.5) is 10.8 Å². The zero-order valence-electron chi connectivity index (χ0n) is 15.8. The van der Waals surface area contributed by atoms with E-state index >= 15 is 0 Å². The van der Waals surface area contributed by atoms with Gasteiger partial charge in [-0.15, -0.1) is 11.3 Å². The van der Waals surface area contributed by atoms with Gasteiger partial charge in [-0.3, -0.25) is 4.79 Å². The number of hydrogen-bond donors (Lipinski definition) is 2. The minimum atomic E-state index is -0.110.